The van der Waals surface area contributed by atoms with Crippen LogP contribution in [0.5, 0.6) is 0 Å². The Morgan fingerprint density at radius 1 is 1.31 bits per heavy atom. The summed E-state index contributed by atoms with van der Waals surface area (Å²) in [6.45, 7) is 9.04. The zero-order valence-electron chi connectivity index (χ0n) is 8.92. The van der Waals surface area contributed by atoms with Crippen LogP contribution in [0.4, 0.5) is 0 Å². The first-order valence-electron chi connectivity index (χ1n) is 4.30. The lowest BCUT2D eigenvalue weighted by Crippen LogP contribution is -2.35. The highest BCUT2D eigenvalue weighted by molar-refractivity contribution is 7.89. The van der Waals surface area contributed by atoms with Gasteiger partial charge in [0.2, 0.25) is 10.0 Å². The van der Waals surface area contributed by atoms with Crippen molar-refractivity contribution in [3.63, 3.8) is 0 Å². The molecule has 0 bridgehead atoms. The minimum atomic E-state index is -3.29. The third-order valence-corrected chi connectivity index (χ3v) is 2.47. The van der Waals surface area contributed by atoms with Crippen molar-refractivity contribution >= 4 is 10.0 Å². The van der Waals surface area contributed by atoms with Crippen molar-refractivity contribution in [2.24, 2.45) is 5.92 Å². The molecule has 0 aliphatic heterocycles. The summed E-state index contributed by atoms with van der Waals surface area (Å²) in [5.74, 6) is 0.185. The average Bonchev–Trinajstić information content (AvgIpc) is 1.79. The van der Waals surface area contributed by atoms with Crippen LogP contribution in [0.1, 0.15) is 34.6 Å². The van der Waals surface area contributed by atoms with Gasteiger partial charge in [-0.05, 0) is 26.7 Å². The number of nitrogens with one attached hydrogen (secondary N) is 1. The molecular weight excluding hydrogens is 190 g/mol. The van der Waals surface area contributed by atoms with Gasteiger partial charge in [-0.3, -0.25) is 4.84 Å². The van der Waals surface area contributed by atoms with Gasteiger partial charge in [-0.2, -0.15) is 0 Å². The first kappa shape index (κ1) is 12.9. The van der Waals surface area contributed by atoms with E-state index in [4.69, 9.17) is 4.84 Å². The number of hydrogen-bond donors (Lipinski definition) is 1. The smallest absolute Gasteiger partial charge is 0.233 e. The van der Waals surface area contributed by atoms with Crippen LogP contribution < -0.4 is 4.89 Å². The molecule has 0 aromatic rings. The predicted octanol–water partition coefficient (Wildman–Crippen LogP) is 1.29. The van der Waals surface area contributed by atoms with Crippen molar-refractivity contribution in [3.05, 3.63) is 0 Å². The van der Waals surface area contributed by atoms with E-state index in [1.807, 2.05) is 13.8 Å². The molecule has 0 rings (SSSR count). The summed E-state index contributed by atoms with van der Waals surface area (Å²) in [6, 6.07) is 0. The molecule has 0 atom stereocenters. The molecule has 5 heteroatoms. The molecule has 0 aromatic heterocycles. The van der Waals surface area contributed by atoms with Crippen molar-refractivity contribution < 1.29 is 13.3 Å². The van der Waals surface area contributed by atoms with Gasteiger partial charge in [-0.15, -0.1) is 0 Å². The quantitative estimate of drug-likeness (QED) is 0.710. The molecule has 0 saturated heterocycles. The molecule has 0 unspecified atom stereocenters. The van der Waals surface area contributed by atoms with Gasteiger partial charge in [0, 0.05) is 0 Å². The summed E-state index contributed by atoms with van der Waals surface area (Å²) in [4.78, 5) is 7.06. The summed E-state index contributed by atoms with van der Waals surface area (Å²) in [5, 5.41) is 0. The summed E-state index contributed by atoms with van der Waals surface area (Å²) in [5.41, 5.74) is -0.496. The van der Waals surface area contributed by atoms with Crippen LogP contribution in [-0.2, 0) is 14.9 Å². The first-order valence-corrected chi connectivity index (χ1v) is 5.95. The monoisotopic (exact) mass is 209 g/mol. The molecule has 0 spiro atoms. The van der Waals surface area contributed by atoms with E-state index in [2.05, 4.69) is 4.89 Å². The van der Waals surface area contributed by atoms with Gasteiger partial charge >= 0.3 is 0 Å². The lowest BCUT2D eigenvalue weighted by molar-refractivity contribution is -0.0358. The topological polar surface area (TPSA) is 55.4 Å². The Bertz CT molecular complexity index is 239. The largest absolute Gasteiger partial charge is 0.281 e. The SMILES string of the molecule is CC(C)CS(=O)(=O)NOC(C)(C)C. The zero-order valence-corrected chi connectivity index (χ0v) is 9.73. The second-order valence-electron chi connectivity index (χ2n) is 4.47. The molecule has 0 fully saturated rings. The molecule has 0 amide bonds. The van der Waals surface area contributed by atoms with Crippen LogP contribution in [0, 0.1) is 5.92 Å². The molecular formula is C8H19NO3S. The lowest BCUT2D eigenvalue weighted by Gasteiger charge is -2.19. The van der Waals surface area contributed by atoms with Crippen molar-refractivity contribution in [1.29, 1.82) is 0 Å². The van der Waals surface area contributed by atoms with Gasteiger partial charge in [-0.25, -0.2) is 8.42 Å². The first-order chi connectivity index (χ1) is 5.62. The van der Waals surface area contributed by atoms with E-state index >= 15 is 0 Å². The van der Waals surface area contributed by atoms with Gasteiger partial charge in [0.1, 0.15) is 0 Å². The third-order valence-electron chi connectivity index (χ3n) is 1.03. The Kier molecular flexibility index (Phi) is 4.35. The molecule has 4 nitrogen and oxygen atoms in total. The molecule has 1 N–H and O–H groups in total. The molecule has 0 aliphatic carbocycles. The van der Waals surface area contributed by atoms with E-state index in [1.165, 1.54) is 0 Å². The summed E-state index contributed by atoms with van der Waals surface area (Å²) in [6.07, 6.45) is 0. The minimum Gasteiger partial charge on any atom is -0.281 e. The normalized spacial score (nSPS) is 13.7. The second kappa shape index (κ2) is 4.39. The molecule has 0 saturated carbocycles. The maximum atomic E-state index is 11.3. The fourth-order valence-corrected chi connectivity index (χ4v) is 1.98. The van der Waals surface area contributed by atoms with Gasteiger partial charge in [0.15, 0.2) is 0 Å². The number of sulfonamides is 1. The maximum absolute atomic E-state index is 11.3. The number of rotatable bonds is 4. The van der Waals surface area contributed by atoms with E-state index in [-0.39, 0.29) is 11.7 Å². The molecule has 0 radical (unpaired) electrons. The predicted molar refractivity (Wildman–Crippen MR) is 52.6 cm³/mol. The van der Waals surface area contributed by atoms with E-state index in [0.717, 1.165) is 0 Å². The van der Waals surface area contributed by atoms with Crippen LogP contribution >= 0.6 is 0 Å². The van der Waals surface area contributed by atoms with Crippen LogP contribution in [0.2, 0.25) is 0 Å². The van der Waals surface area contributed by atoms with E-state index in [0.29, 0.717) is 0 Å². The Labute approximate surface area is 80.7 Å². The highest BCUT2D eigenvalue weighted by Gasteiger charge is 2.17. The Hall–Kier alpha value is -0.130. The van der Waals surface area contributed by atoms with E-state index in [1.54, 1.807) is 20.8 Å². The summed E-state index contributed by atoms with van der Waals surface area (Å²) < 4.78 is 22.5. The zero-order chi connectivity index (χ0) is 10.7. The van der Waals surface area contributed by atoms with E-state index < -0.39 is 15.6 Å². The van der Waals surface area contributed by atoms with Crippen LogP contribution in [-0.4, -0.2) is 19.8 Å². The third kappa shape index (κ3) is 8.21. The van der Waals surface area contributed by atoms with Crippen LogP contribution in [0.25, 0.3) is 0 Å². The maximum Gasteiger partial charge on any atom is 0.233 e. The highest BCUT2D eigenvalue weighted by Crippen LogP contribution is 2.06. The van der Waals surface area contributed by atoms with Crippen LogP contribution in [0.3, 0.4) is 0 Å². The Balaban J connectivity index is 4.06. The average molecular weight is 209 g/mol. The van der Waals surface area contributed by atoms with Gasteiger partial charge in [0.05, 0.1) is 11.4 Å². The van der Waals surface area contributed by atoms with E-state index in [9.17, 15) is 8.42 Å². The van der Waals surface area contributed by atoms with Crippen molar-refractivity contribution in [3.8, 4) is 0 Å². The fraction of sp³-hybridized carbons (Fsp3) is 1.00. The molecule has 13 heavy (non-hydrogen) atoms. The van der Waals surface area contributed by atoms with Crippen molar-refractivity contribution in [2.75, 3.05) is 5.75 Å². The van der Waals surface area contributed by atoms with Gasteiger partial charge in [-0.1, -0.05) is 18.7 Å². The van der Waals surface area contributed by atoms with Crippen LogP contribution in [0.15, 0.2) is 0 Å². The lowest BCUT2D eigenvalue weighted by atomic mass is 10.2. The second-order valence-corrected chi connectivity index (χ2v) is 6.20. The van der Waals surface area contributed by atoms with Gasteiger partial charge in [0.25, 0.3) is 0 Å². The fourth-order valence-electron chi connectivity index (χ4n) is 0.661. The highest BCUT2D eigenvalue weighted by atomic mass is 32.2. The summed E-state index contributed by atoms with van der Waals surface area (Å²) >= 11 is 0. The standard InChI is InChI=1S/C8H19NO3S/c1-7(2)6-13(10,11)9-12-8(3,4)5/h7,9H,6H2,1-5H3. The molecule has 80 valence electrons. The summed E-state index contributed by atoms with van der Waals surface area (Å²) in [7, 11) is -3.29. The molecule has 0 aliphatic rings. The van der Waals surface area contributed by atoms with Crippen molar-refractivity contribution in [2.45, 2.75) is 40.2 Å². The molecule has 0 heterocycles. The Morgan fingerprint density at radius 3 is 2.08 bits per heavy atom. The minimum absolute atomic E-state index is 0.0864. The van der Waals surface area contributed by atoms with Crippen molar-refractivity contribution in [1.82, 2.24) is 4.89 Å². The molecule has 0 aromatic carbocycles. The number of hydrogen-bond acceptors (Lipinski definition) is 3. The Morgan fingerprint density at radius 2 is 1.77 bits per heavy atom. The van der Waals surface area contributed by atoms with Gasteiger partial charge < -0.3 is 0 Å².